The molecule has 0 radical (unpaired) electrons. The van der Waals surface area contributed by atoms with Gasteiger partial charge in [0.15, 0.2) is 5.96 Å². The van der Waals surface area contributed by atoms with Crippen molar-refractivity contribution in [3.05, 3.63) is 29.3 Å². The Morgan fingerprint density at radius 3 is 2.50 bits per heavy atom. The molecule has 1 aromatic carbocycles. The minimum Gasteiger partial charge on any atom is -0.508 e. The van der Waals surface area contributed by atoms with E-state index in [1.807, 2.05) is 0 Å². The van der Waals surface area contributed by atoms with Crippen LogP contribution in [0.3, 0.4) is 0 Å². The highest BCUT2D eigenvalue weighted by molar-refractivity contribution is 6.02. The minimum absolute atomic E-state index is 0. The molecule has 0 saturated carbocycles. The highest BCUT2D eigenvalue weighted by atomic mass is 35.5. The van der Waals surface area contributed by atoms with Crippen molar-refractivity contribution in [3.8, 4) is 11.8 Å². The Bertz CT molecular complexity index is 475. The third-order valence-electron chi connectivity index (χ3n) is 1.52. The fourth-order valence-electron chi connectivity index (χ4n) is 0.981. The van der Waals surface area contributed by atoms with Gasteiger partial charge in [-0.2, -0.15) is 10.3 Å². The van der Waals surface area contributed by atoms with Gasteiger partial charge in [0.1, 0.15) is 5.75 Å². The molecule has 0 heterocycles. The number of carbonyl (C=O) groups is 1. The van der Waals surface area contributed by atoms with Crippen LogP contribution < -0.4 is 11.5 Å². The molecule has 1 amide bonds. The first kappa shape index (κ1) is 13.7. The molecule has 5 N–H and O–H groups in total. The Labute approximate surface area is 97.6 Å². The number of nitriles is 1. The van der Waals surface area contributed by atoms with E-state index in [0.29, 0.717) is 0 Å². The second-order valence-corrected chi connectivity index (χ2v) is 2.72. The number of amides is 1. The number of aliphatic imine (C=N–C) groups is 1. The normalized spacial score (nSPS) is 8.44. The van der Waals surface area contributed by atoms with Crippen molar-refractivity contribution in [1.82, 2.24) is 0 Å². The molecule has 0 aliphatic carbocycles. The number of rotatable bonds is 1. The van der Waals surface area contributed by atoms with Gasteiger partial charge < -0.3 is 16.6 Å². The van der Waals surface area contributed by atoms with Crippen molar-refractivity contribution in [1.29, 1.82) is 5.26 Å². The Balaban J connectivity index is 0.00000225. The molecule has 0 aromatic heterocycles. The molecule has 0 fully saturated rings. The van der Waals surface area contributed by atoms with Gasteiger partial charge in [-0.15, -0.1) is 12.4 Å². The summed E-state index contributed by atoms with van der Waals surface area (Å²) in [6.07, 6.45) is 0. The van der Waals surface area contributed by atoms with Gasteiger partial charge in [-0.25, -0.2) is 0 Å². The van der Waals surface area contributed by atoms with E-state index < -0.39 is 5.91 Å². The van der Waals surface area contributed by atoms with Crippen LogP contribution >= 0.6 is 12.4 Å². The Morgan fingerprint density at radius 2 is 2.00 bits per heavy atom. The maximum absolute atomic E-state index is 11.3. The molecule has 0 unspecified atom stereocenters. The maximum atomic E-state index is 11.3. The van der Waals surface area contributed by atoms with Crippen LogP contribution in [0.4, 0.5) is 0 Å². The fourth-order valence-corrected chi connectivity index (χ4v) is 0.981. The molecule has 0 atom stereocenters. The van der Waals surface area contributed by atoms with E-state index in [1.165, 1.54) is 18.2 Å². The standard InChI is InChI=1S/C9H8N4O2.ClH/c10-4-5-1-6(3-7(14)2-5)8(15)13-9(11)12;/h1-3,14H,(H4,11,12,13,15);1H. The molecular formula is C9H9ClN4O2. The number of nitrogens with two attached hydrogens (primary N) is 2. The van der Waals surface area contributed by atoms with Crippen molar-refractivity contribution < 1.29 is 9.90 Å². The third-order valence-corrected chi connectivity index (χ3v) is 1.52. The summed E-state index contributed by atoms with van der Waals surface area (Å²) in [5.41, 5.74) is 10.2. The summed E-state index contributed by atoms with van der Waals surface area (Å²) < 4.78 is 0. The molecule has 1 aromatic rings. The van der Waals surface area contributed by atoms with Gasteiger partial charge in [-0.05, 0) is 18.2 Å². The second-order valence-electron chi connectivity index (χ2n) is 2.72. The van der Waals surface area contributed by atoms with E-state index in [9.17, 15) is 9.90 Å². The Morgan fingerprint density at radius 1 is 1.38 bits per heavy atom. The van der Waals surface area contributed by atoms with Crippen LogP contribution in [-0.2, 0) is 0 Å². The first-order valence-corrected chi connectivity index (χ1v) is 3.91. The predicted molar refractivity (Wildman–Crippen MR) is 60.2 cm³/mol. The fraction of sp³-hybridized carbons (Fsp3) is 0. The molecular weight excluding hydrogens is 232 g/mol. The number of benzene rings is 1. The third kappa shape index (κ3) is 3.48. The van der Waals surface area contributed by atoms with Crippen LogP contribution in [0, 0.1) is 11.3 Å². The summed E-state index contributed by atoms with van der Waals surface area (Å²) in [4.78, 5) is 14.6. The minimum atomic E-state index is -0.706. The summed E-state index contributed by atoms with van der Waals surface area (Å²) in [6.45, 7) is 0. The molecule has 0 saturated heterocycles. The van der Waals surface area contributed by atoms with Crippen LogP contribution in [0.2, 0.25) is 0 Å². The number of carbonyl (C=O) groups excluding carboxylic acids is 1. The van der Waals surface area contributed by atoms with Crippen LogP contribution in [0.1, 0.15) is 15.9 Å². The van der Waals surface area contributed by atoms with Gasteiger partial charge in [0.25, 0.3) is 5.91 Å². The van der Waals surface area contributed by atoms with Gasteiger partial charge >= 0.3 is 0 Å². The van der Waals surface area contributed by atoms with Crippen LogP contribution in [0.15, 0.2) is 23.2 Å². The van der Waals surface area contributed by atoms with E-state index in [0.717, 1.165) is 0 Å². The highest BCUT2D eigenvalue weighted by Gasteiger charge is 2.07. The summed E-state index contributed by atoms with van der Waals surface area (Å²) >= 11 is 0. The highest BCUT2D eigenvalue weighted by Crippen LogP contribution is 2.15. The van der Waals surface area contributed by atoms with Gasteiger partial charge in [0.2, 0.25) is 0 Å². The monoisotopic (exact) mass is 240 g/mol. The van der Waals surface area contributed by atoms with E-state index in [2.05, 4.69) is 4.99 Å². The molecule has 0 aliphatic heterocycles. The Kier molecular flexibility index (Phi) is 4.79. The lowest BCUT2D eigenvalue weighted by Crippen LogP contribution is -2.24. The van der Waals surface area contributed by atoms with Gasteiger partial charge in [0.05, 0.1) is 11.6 Å². The van der Waals surface area contributed by atoms with E-state index >= 15 is 0 Å². The molecule has 1 rings (SSSR count). The van der Waals surface area contributed by atoms with E-state index in [-0.39, 0.29) is 35.2 Å². The molecule has 84 valence electrons. The lowest BCUT2D eigenvalue weighted by molar-refractivity contribution is 0.100. The van der Waals surface area contributed by atoms with Crippen molar-refractivity contribution in [2.45, 2.75) is 0 Å². The SMILES string of the molecule is Cl.N#Cc1cc(O)cc(C(=O)N=C(N)N)c1. The van der Waals surface area contributed by atoms with Crippen molar-refractivity contribution in [3.63, 3.8) is 0 Å². The number of aromatic hydroxyl groups is 1. The van der Waals surface area contributed by atoms with Gasteiger partial charge in [-0.3, -0.25) is 4.79 Å². The number of nitrogens with zero attached hydrogens (tertiary/aromatic N) is 2. The quantitative estimate of drug-likeness (QED) is 0.474. The largest absolute Gasteiger partial charge is 0.508 e. The molecule has 0 aliphatic rings. The van der Waals surface area contributed by atoms with Crippen molar-refractivity contribution in [2.75, 3.05) is 0 Å². The summed E-state index contributed by atoms with van der Waals surface area (Å²) in [7, 11) is 0. The predicted octanol–water partition coefficient (Wildman–Crippen LogP) is 0.0993. The smallest absolute Gasteiger partial charge is 0.280 e. The molecule has 0 bridgehead atoms. The number of phenols is 1. The molecule has 16 heavy (non-hydrogen) atoms. The van der Waals surface area contributed by atoms with Crippen molar-refractivity contribution in [2.24, 2.45) is 16.5 Å². The number of guanidine groups is 1. The van der Waals surface area contributed by atoms with Crippen molar-refractivity contribution >= 4 is 24.3 Å². The summed E-state index contributed by atoms with van der Waals surface area (Å²) in [5, 5.41) is 17.8. The first-order valence-electron chi connectivity index (χ1n) is 3.91. The zero-order valence-electron chi connectivity index (χ0n) is 8.04. The van der Waals surface area contributed by atoms with E-state index in [1.54, 1.807) is 6.07 Å². The summed E-state index contributed by atoms with van der Waals surface area (Å²) in [6, 6.07) is 5.48. The average molecular weight is 241 g/mol. The zero-order valence-corrected chi connectivity index (χ0v) is 8.86. The van der Waals surface area contributed by atoms with Crippen LogP contribution in [0.25, 0.3) is 0 Å². The van der Waals surface area contributed by atoms with Crippen LogP contribution in [0.5, 0.6) is 5.75 Å². The second kappa shape index (κ2) is 5.58. The lowest BCUT2D eigenvalue weighted by Gasteiger charge is -1.98. The molecule has 6 nitrogen and oxygen atoms in total. The molecule has 7 heteroatoms. The topological polar surface area (TPSA) is 125 Å². The Hall–Kier alpha value is -2.26. The average Bonchev–Trinajstić information content (AvgIpc) is 2.15. The maximum Gasteiger partial charge on any atom is 0.280 e. The first-order chi connectivity index (χ1) is 7.02. The van der Waals surface area contributed by atoms with Gasteiger partial charge in [-0.1, -0.05) is 0 Å². The number of hydrogen-bond acceptors (Lipinski definition) is 3. The lowest BCUT2D eigenvalue weighted by atomic mass is 10.1. The number of halogens is 1. The number of phenolic OH excluding ortho intramolecular Hbond substituents is 1. The van der Waals surface area contributed by atoms with Crippen LogP contribution in [-0.4, -0.2) is 17.0 Å². The van der Waals surface area contributed by atoms with E-state index in [4.69, 9.17) is 16.7 Å². The summed E-state index contributed by atoms with van der Waals surface area (Å²) in [5.74, 6) is -1.27. The number of hydrogen-bond donors (Lipinski definition) is 3. The molecule has 0 spiro atoms. The van der Waals surface area contributed by atoms with Gasteiger partial charge in [0, 0.05) is 5.56 Å². The zero-order chi connectivity index (χ0) is 11.4.